The van der Waals surface area contributed by atoms with Gasteiger partial charge in [0.15, 0.2) is 14.0 Å². The van der Waals surface area contributed by atoms with Gasteiger partial charge in [0.1, 0.15) is 10.4 Å². The molecule has 7 nitrogen and oxygen atoms in total. The molecule has 9 heteroatoms. The number of nitrogens with zero attached hydrogens (tertiary/aromatic N) is 3. The quantitative estimate of drug-likeness (QED) is 0.642. The van der Waals surface area contributed by atoms with E-state index in [2.05, 4.69) is 24.7 Å². The van der Waals surface area contributed by atoms with Crippen molar-refractivity contribution in [3.8, 4) is 0 Å². The molecule has 1 saturated heterocycles. The minimum absolute atomic E-state index is 0.00477. The molecule has 0 radical (unpaired) electrons. The fourth-order valence-corrected chi connectivity index (χ4v) is 5.74. The number of aliphatic carboxylic acids is 1. The van der Waals surface area contributed by atoms with Crippen molar-refractivity contribution in [1.82, 2.24) is 14.7 Å². The summed E-state index contributed by atoms with van der Waals surface area (Å²) in [5.74, 6) is -1.63. The molecule has 0 saturated carbocycles. The van der Waals surface area contributed by atoms with E-state index in [1.165, 1.54) is 21.3 Å². The number of fused-ring (bicyclic) bond motifs is 1. The third-order valence-electron chi connectivity index (χ3n) is 3.72. The number of carboxylic acids is 1. The van der Waals surface area contributed by atoms with E-state index in [1.54, 1.807) is 18.5 Å². The highest BCUT2D eigenvalue weighted by Gasteiger charge is 2.59. The second-order valence-electron chi connectivity index (χ2n) is 6.59. The molecule has 2 aliphatic rings. The molecule has 124 valence electrons. The van der Waals surface area contributed by atoms with Gasteiger partial charge in [-0.3, -0.25) is 9.69 Å². The van der Waals surface area contributed by atoms with Crippen molar-refractivity contribution in [1.29, 1.82) is 0 Å². The van der Waals surface area contributed by atoms with Gasteiger partial charge in [-0.1, -0.05) is 11.8 Å². The van der Waals surface area contributed by atoms with Gasteiger partial charge in [-0.15, -0.1) is 0 Å². The molecular weight excluding hydrogens is 334 g/mol. The van der Waals surface area contributed by atoms with Crippen LogP contribution in [0.1, 0.15) is 6.92 Å². The highest BCUT2D eigenvalue weighted by molar-refractivity contribution is 8.08. The first-order valence-electron chi connectivity index (χ1n) is 7.36. The van der Waals surface area contributed by atoms with Gasteiger partial charge >= 0.3 is 5.97 Å². The summed E-state index contributed by atoms with van der Waals surface area (Å²) in [7, 11) is -1.78. The van der Waals surface area contributed by atoms with Crippen molar-refractivity contribution in [3.63, 3.8) is 0 Å². The summed E-state index contributed by atoms with van der Waals surface area (Å²) >= 11 is 1.36. The van der Waals surface area contributed by atoms with Crippen LogP contribution in [0, 0.1) is 5.92 Å². The molecule has 2 aliphatic heterocycles. The smallest absolute Gasteiger partial charge is 0.355 e. The van der Waals surface area contributed by atoms with E-state index in [-0.39, 0.29) is 29.0 Å². The SMILES string of the molecule is CC(O[Si](C)(C)C)[C@H]1C(=O)N2C(C(=O)O)=C(n3cccn3)S[C@H]12. The van der Waals surface area contributed by atoms with Crippen LogP contribution in [0.25, 0.3) is 5.03 Å². The van der Waals surface area contributed by atoms with Crippen LogP contribution < -0.4 is 0 Å². The summed E-state index contributed by atoms with van der Waals surface area (Å²) in [4.78, 5) is 25.5. The summed E-state index contributed by atoms with van der Waals surface area (Å²) in [6.07, 6.45) is 3.03. The molecule has 23 heavy (non-hydrogen) atoms. The second kappa shape index (κ2) is 5.50. The van der Waals surface area contributed by atoms with Crippen LogP contribution in [-0.4, -0.2) is 51.5 Å². The van der Waals surface area contributed by atoms with Gasteiger partial charge in [0, 0.05) is 12.4 Å². The fraction of sp³-hybridized carbons (Fsp3) is 0.500. The number of rotatable bonds is 5. The Morgan fingerprint density at radius 3 is 2.70 bits per heavy atom. The van der Waals surface area contributed by atoms with Crippen LogP contribution in [0.2, 0.25) is 19.6 Å². The molecule has 0 aromatic carbocycles. The second-order valence-corrected chi connectivity index (χ2v) is 12.2. The van der Waals surface area contributed by atoms with E-state index in [4.69, 9.17) is 4.43 Å². The van der Waals surface area contributed by atoms with Crippen molar-refractivity contribution in [2.45, 2.75) is 38.0 Å². The van der Waals surface area contributed by atoms with Crippen molar-refractivity contribution in [2.75, 3.05) is 0 Å². The first kappa shape index (κ1) is 16.3. The average Bonchev–Trinajstić information content (AvgIpc) is 3.00. The Hall–Kier alpha value is -1.58. The van der Waals surface area contributed by atoms with Crippen LogP contribution in [0.4, 0.5) is 0 Å². The topological polar surface area (TPSA) is 84.7 Å². The number of hydrogen-bond donors (Lipinski definition) is 1. The zero-order valence-electron chi connectivity index (χ0n) is 13.4. The number of β-lactam (4-membered cyclic amide) rings is 1. The Balaban J connectivity index is 1.87. The molecule has 1 unspecified atom stereocenters. The number of amides is 1. The summed E-state index contributed by atoms with van der Waals surface area (Å²) in [6.45, 7) is 8.11. The van der Waals surface area contributed by atoms with Gasteiger partial charge in [0.05, 0.1) is 12.0 Å². The van der Waals surface area contributed by atoms with E-state index in [0.717, 1.165) is 0 Å². The molecule has 3 heterocycles. The van der Waals surface area contributed by atoms with Crippen LogP contribution in [0.5, 0.6) is 0 Å². The maximum atomic E-state index is 12.5. The zero-order valence-corrected chi connectivity index (χ0v) is 15.2. The average molecular weight is 353 g/mol. The normalized spacial score (nSPS) is 25.4. The fourth-order valence-electron chi connectivity index (χ4n) is 2.93. The number of thioether (sulfide) groups is 1. The molecule has 1 aromatic rings. The minimum Gasteiger partial charge on any atom is -0.476 e. The summed E-state index contributed by atoms with van der Waals surface area (Å²) in [6, 6.07) is 1.72. The number of aromatic nitrogens is 2. The molecule has 1 aromatic heterocycles. The maximum absolute atomic E-state index is 12.5. The molecule has 1 amide bonds. The highest BCUT2D eigenvalue weighted by atomic mass is 32.2. The molecule has 0 aliphatic carbocycles. The molecule has 0 spiro atoms. The maximum Gasteiger partial charge on any atom is 0.355 e. The predicted octanol–water partition coefficient (Wildman–Crippen LogP) is 1.87. The van der Waals surface area contributed by atoms with E-state index in [9.17, 15) is 14.7 Å². The lowest BCUT2D eigenvalue weighted by Crippen LogP contribution is -2.62. The van der Waals surface area contributed by atoms with Gasteiger partial charge in [-0.05, 0) is 32.6 Å². The third-order valence-corrected chi connectivity index (χ3v) is 6.15. The van der Waals surface area contributed by atoms with Crippen molar-refractivity contribution in [2.24, 2.45) is 5.92 Å². The Kier molecular flexibility index (Phi) is 3.89. The Bertz CT molecular complexity index is 683. The van der Waals surface area contributed by atoms with E-state index in [1.807, 2.05) is 6.92 Å². The van der Waals surface area contributed by atoms with Gasteiger partial charge in [0.2, 0.25) is 5.91 Å². The zero-order chi connectivity index (χ0) is 16.9. The number of carbonyl (C=O) groups is 2. The monoisotopic (exact) mass is 353 g/mol. The van der Waals surface area contributed by atoms with E-state index < -0.39 is 14.3 Å². The Labute approximate surface area is 139 Å². The third kappa shape index (κ3) is 2.72. The number of hydrogen-bond acceptors (Lipinski definition) is 5. The van der Waals surface area contributed by atoms with Crippen LogP contribution in [0.3, 0.4) is 0 Å². The van der Waals surface area contributed by atoms with Gasteiger partial charge in [0.25, 0.3) is 0 Å². The number of carboxylic acid groups (broad SMARTS) is 1. The summed E-state index contributed by atoms with van der Waals surface area (Å²) in [5, 5.41) is 13.8. The Morgan fingerprint density at radius 2 is 2.17 bits per heavy atom. The van der Waals surface area contributed by atoms with Crippen molar-refractivity contribution >= 4 is 37.0 Å². The molecular formula is C14H19N3O4SSi. The highest BCUT2D eigenvalue weighted by Crippen LogP contribution is 2.52. The number of carbonyl (C=O) groups excluding carboxylic acids is 1. The van der Waals surface area contributed by atoms with Crippen LogP contribution >= 0.6 is 11.8 Å². The summed E-state index contributed by atoms with van der Waals surface area (Å²) < 4.78 is 7.53. The lowest BCUT2D eigenvalue weighted by Gasteiger charge is -2.45. The largest absolute Gasteiger partial charge is 0.476 e. The van der Waals surface area contributed by atoms with Gasteiger partial charge in [-0.25, -0.2) is 9.48 Å². The van der Waals surface area contributed by atoms with Gasteiger partial charge in [-0.2, -0.15) is 5.10 Å². The molecule has 1 N–H and O–H groups in total. The lowest BCUT2D eigenvalue weighted by atomic mass is 9.92. The molecule has 1 fully saturated rings. The van der Waals surface area contributed by atoms with Gasteiger partial charge < -0.3 is 9.53 Å². The Morgan fingerprint density at radius 1 is 1.48 bits per heavy atom. The first-order chi connectivity index (χ1) is 10.7. The van der Waals surface area contributed by atoms with E-state index >= 15 is 0 Å². The molecule has 0 bridgehead atoms. The summed E-state index contributed by atoms with van der Waals surface area (Å²) in [5.41, 5.74) is 0.00477. The van der Waals surface area contributed by atoms with E-state index in [0.29, 0.717) is 5.03 Å². The van der Waals surface area contributed by atoms with Crippen molar-refractivity contribution in [3.05, 3.63) is 24.2 Å². The lowest BCUT2D eigenvalue weighted by molar-refractivity contribution is -0.156. The molecule has 3 atom stereocenters. The molecule has 3 rings (SSSR count). The minimum atomic E-state index is -1.78. The first-order valence-corrected chi connectivity index (χ1v) is 11.6. The van der Waals surface area contributed by atoms with Crippen molar-refractivity contribution < 1.29 is 19.1 Å². The van der Waals surface area contributed by atoms with Crippen LogP contribution in [0.15, 0.2) is 24.2 Å². The predicted molar refractivity (Wildman–Crippen MR) is 88.7 cm³/mol. The van der Waals surface area contributed by atoms with Crippen LogP contribution in [-0.2, 0) is 14.0 Å². The standard InChI is InChI=1S/C14H19N3O4SSi/c1-8(21-23(2,3)4)9-11(18)17-10(14(19)20)13(22-12(9)17)16-7-5-6-15-16/h5-9,12H,1-4H3,(H,19,20)/t8?,9-,12+/m0/s1.